The SMILES string of the molecule is Cc1c(C)n(-c2ccccc2-c2c(-c3ccccc3-n3c(C)c(C)c4ccccc43)c3nc4ccccc4nc3c3nc4ccccc4nc23)c2ccccc12. The molecule has 11 rings (SSSR count). The van der Waals surface area contributed by atoms with Crippen LogP contribution in [0.1, 0.15) is 22.5 Å². The molecule has 0 N–H and O–H groups in total. The van der Waals surface area contributed by atoms with Crippen molar-refractivity contribution in [2.45, 2.75) is 27.7 Å². The lowest BCUT2D eigenvalue weighted by Gasteiger charge is -2.22. The van der Waals surface area contributed by atoms with Gasteiger partial charge in [-0.1, -0.05) is 97.1 Å². The van der Waals surface area contributed by atoms with Gasteiger partial charge in [0.2, 0.25) is 0 Å². The number of hydrogen-bond acceptors (Lipinski definition) is 4. The van der Waals surface area contributed by atoms with Crippen LogP contribution in [0.5, 0.6) is 0 Å². The largest absolute Gasteiger partial charge is 0.313 e. The number of hydrogen-bond donors (Lipinski definition) is 0. The molecule has 0 fully saturated rings. The molecule has 11 aromatic rings. The van der Waals surface area contributed by atoms with Gasteiger partial charge in [-0.2, -0.15) is 0 Å². The maximum Gasteiger partial charge on any atom is 0.118 e. The quantitative estimate of drug-likeness (QED) is 0.134. The van der Waals surface area contributed by atoms with Crippen LogP contribution in [0.3, 0.4) is 0 Å². The van der Waals surface area contributed by atoms with Crippen molar-refractivity contribution >= 4 is 65.9 Å². The standard InChI is InChI=1S/C50H36N6/c1-29-31(3)55(41-25-13-5-17-33(29)41)43-27-15-7-19-35(43)45-46(36-20-8-16-28-44(36)56-32(4)30(2)34-18-6-14-26-42(34)56)48-50(54-40-24-12-10-22-38(40)52-48)49-47(45)51-37-21-9-11-23-39(37)53-49/h5-28H,1-4H3. The zero-order valence-corrected chi connectivity index (χ0v) is 31.5. The summed E-state index contributed by atoms with van der Waals surface area (Å²) in [5.74, 6) is 0. The molecule has 0 unspecified atom stereocenters. The van der Waals surface area contributed by atoms with Crippen LogP contribution in [0.25, 0.3) is 99.6 Å². The third-order valence-corrected chi connectivity index (χ3v) is 11.8. The molecule has 7 aromatic carbocycles. The molecule has 56 heavy (non-hydrogen) atoms. The highest BCUT2D eigenvalue weighted by atomic mass is 15.0. The highest BCUT2D eigenvalue weighted by molar-refractivity contribution is 6.20. The summed E-state index contributed by atoms with van der Waals surface area (Å²) in [6, 6.07) is 51.0. The summed E-state index contributed by atoms with van der Waals surface area (Å²) in [6.45, 7) is 8.86. The molecule has 0 atom stereocenters. The fourth-order valence-corrected chi connectivity index (χ4v) is 8.88. The van der Waals surface area contributed by atoms with E-state index in [0.717, 1.165) is 88.8 Å². The van der Waals surface area contributed by atoms with Gasteiger partial charge >= 0.3 is 0 Å². The molecule has 6 nitrogen and oxygen atoms in total. The summed E-state index contributed by atoms with van der Waals surface area (Å²) < 4.78 is 4.80. The molecule has 0 aliphatic rings. The summed E-state index contributed by atoms with van der Waals surface area (Å²) in [6.07, 6.45) is 0. The lowest BCUT2D eigenvalue weighted by Crippen LogP contribution is -2.05. The van der Waals surface area contributed by atoms with E-state index < -0.39 is 0 Å². The lowest BCUT2D eigenvalue weighted by atomic mass is 9.89. The molecule has 0 saturated carbocycles. The maximum absolute atomic E-state index is 5.52. The Bertz CT molecular complexity index is 3190. The molecular weight excluding hydrogens is 685 g/mol. The highest BCUT2D eigenvalue weighted by Gasteiger charge is 2.28. The van der Waals surface area contributed by atoms with Crippen LogP contribution in [0.15, 0.2) is 146 Å². The second-order valence-electron chi connectivity index (χ2n) is 14.7. The fourth-order valence-electron chi connectivity index (χ4n) is 8.88. The van der Waals surface area contributed by atoms with Gasteiger partial charge in [-0.3, -0.25) is 0 Å². The summed E-state index contributed by atoms with van der Waals surface area (Å²) in [7, 11) is 0. The van der Waals surface area contributed by atoms with Gasteiger partial charge in [0.1, 0.15) is 22.1 Å². The molecule has 0 aliphatic carbocycles. The van der Waals surface area contributed by atoms with Gasteiger partial charge in [0.05, 0.1) is 44.5 Å². The fraction of sp³-hybridized carbons (Fsp3) is 0.0800. The minimum Gasteiger partial charge on any atom is -0.313 e. The number of para-hydroxylation sites is 8. The number of rotatable bonds is 4. The molecule has 0 bridgehead atoms. The van der Waals surface area contributed by atoms with Crippen LogP contribution in [-0.2, 0) is 0 Å². The molecule has 0 saturated heterocycles. The monoisotopic (exact) mass is 720 g/mol. The first-order valence-corrected chi connectivity index (χ1v) is 19.1. The molecule has 0 radical (unpaired) electrons. The van der Waals surface area contributed by atoms with Crippen molar-refractivity contribution < 1.29 is 0 Å². The Kier molecular flexibility index (Phi) is 7.01. The Labute approximate surface area is 323 Å². The molecule has 266 valence electrons. The highest BCUT2D eigenvalue weighted by Crippen LogP contribution is 2.48. The van der Waals surface area contributed by atoms with Gasteiger partial charge in [0, 0.05) is 44.4 Å². The van der Waals surface area contributed by atoms with E-state index >= 15 is 0 Å². The Morgan fingerprint density at radius 3 is 1.07 bits per heavy atom. The Hall–Kier alpha value is -7.18. The summed E-state index contributed by atoms with van der Waals surface area (Å²) in [4.78, 5) is 21.8. The van der Waals surface area contributed by atoms with E-state index in [1.54, 1.807) is 0 Å². The first kappa shape index (κ1) is 32.3. The van der Waals surface area contributed by atoms with Crippen LogP contribution in [0, 0.1) is 27.7 Å². The van der Waals surface area contributed by atoms with Crippen LogP contribution in [0.4, 0.5) is 0 Å². The van der Waals surface area contributed by atoms with Crippen LogP contribution in [-0.4, -0.2) is 29.1 Å². The van der Waals surface area contributed by atoms with Crippen LogP contribution >= 0.6 is 0 Å². The van der Waals surface area contributed by atoms with Crippen molar-refractivity contribution in [1.82, 2.24) is 29.1 Å². The summed E-state index contributed by atoms with van der Waals surface area (Å²) >= 11 is 0. The summed E-state index contributed by atoms with van der Waals surface area (Å²) in [5.41, 5.74) is 19.7. The normalized spacial score (nSPS) is 11.9. The van der Waals surface area contributed by atoms with E-state index in [1.165, 1.54) is 33.3 Å². The minimum atomic E-state index is 0.728. The molecule has 6 heteroatoms. The Morgan fingerprint density at radius 1 is 0.339 bits per heavy atom. The number of benzene rings is 7. The smallest absolute Gasteiger partial charge is 0.118 e. The number of aryl methyl sites for hydroxylation is 2. The van der Waals surface area contributed by atoms with Gasteiger partial charge in [0.25, 0.3) is 0 Å². The molecule has 0 spiro atoms. The third kappa shape index (κ3) is 4.56. The topological polar surface area (TPSA) is 61.4 Å². The first-order chi connectivity index (χ1) is 27.5. The average molecular weight is 721 g/mol. The zero-order valence-electron chi connectivity index (χ0n) is 31.5. The van der Waals surface area contributed by atoms with E-state index in [-0.39, 0.29) is 0 Å². The molecular formula is C50H36N6. The third-order valence-electron chi connectivity index (χ3n) is 11.8. The molecule has 0 amide bonds. The van der Waals surface area contributed by atoms with Gasteiger partial charge in [-0.05, 0) is 87.4 Å². The predicted molar refractivity (Wildman–Crippen MR) is 231 cm³/mol. The van der Waals surface area contributed by atoms with Crippen molar-refractivity contribution in [3.8, 4) is 33.6 Å². The van der Waals surface area contributed by atoms with Crippen LogP contribution in [0.2, 0.25) is 0 Å². The van der Waals surface area contributed by atoms with Crippen molar-refractivity contribution in [2.75, 3.05) is 0 Å². The van der Waals surface area contributed by atoms with Crippen molar-refractivity contribution in [1.29, 1.82) is 0 Å². The van der Waals surface area contributed by atoms with E-state index in [9.17, 15) is 0 Å². The van der Waals surface area contributed by atoms with Gasteiger partial charge in [-0.25, -0.2) is 19.9 Å². The van der Waals surface area contributed by atoms with Crippen molar-refractivity contribution in [3.63, 3.8) is 0 Å². The van der Waals surface area contributed by atoms with Crippen molar-refractivity contribution in [3.05, 3.63) is 168 Å². The zero-order chi connectivity index (χ0) is 37.7. The average Bonchev–Trinajstić information content (AvgIpc) is 3.65. The molecule has 4 aromatic heterocycles. The second kappa shape index (κ2) is 12.2. The minimum absolute atomic E-state index is 0.728. The number of aromatic nitrogens is 6. The van der Waals surface area contributed by atoms with E-state index in [1.807, 2.05) is 48.5 Å². The van der Waals surface area contributed by atoms with E-state index in [0.29, 0.717) is 0 Å². The van der Waals surface area contributed by atoms with Crippen LogP contribution < -0.4 is 0 Å². The number of fused-ring (bicyclic) bond motifs is 7. The molecule has 4 heterocycles. The van der Waals surface area contributed by atoms with E-state index in [2.05, 4.69) is 134 Å². The first-order valence-electron chi connectivity index (χ1n) is 19.1. The van der Waals surface area contributed by atoms with Gasteiger partial charge < -0.3 is 9.13 Å². The Balaban J connectivity index is 1.38. The van der Waals surface area contributed by atoms with Crippen molar-refractivity contribution in [2.24, 2.45) is 0 Å². The maximum atomic E-state index is 5.52. The van der Waals surface area contributed by atoms with E-state index in [4.69, 9.17) is 19.9 Å². The summed E-state index contributed by atoms with van der Waals surface area (Å²) in [5, 5.41) is 2.48. The lowest BCUT2D eigenvalue weighted by molar-refractivity contribution is 1.04. The second-order valence-corrected chi connectivity index (χ2v) is 14.7. The Morgan fingerprint density at radius 2 is 0.661 bits per heavy atom. The number of nitrogens with zero attached hydrogens (tertiary/aromatic N) is 6. The van der Waals surface area contributed by atoms with Gasteiger partial charge in [-0.15, -0.1) is 0 Å². The predicted octanol–water partition coefficient (Wildman–Crippen LogP) is 12.3. The molecule has 0 aliphatic heterocycles. The van der Waals surface area contributed by atoms with Gasteiger partial charge in [0.15, 0.2) is 0 Å².